The van der Waals surface area contributed by atoms with Crippen molar-refractivity contribution in [3.8, 4) is 5.75 Å². The molecule has 33 heavy (non-hydrogen) atoms. The van der Waals surface area contributed by atoms with Crippen LogP contribution in [0.5, 0.6) is 5.75 Å². The maximum Gasteiger partial charge on any atom is 0.196 e. The molecule has 1 fully saturated rings. The molecule has 0 bridgehead atoms. The van der Waals surface area contributed by atoms with Crippen molar-refractivity contribution in [1.29, 1.82) is 0 Å². The van der Waals surface area contributed by atoms with Crippen LogP contribution in [-0.4, -0.2) is 24.2 Å². The molecule has 2 N–H and O–H groups in total. The van der Waals surface area contributed by atoms with Crippen molar-refractivity contribution in [2.24, 2.45) is 0 Å². The van der Waals surface area contributed by atoms with Gasteiger partial charge in [-0.25, -0.2) is 0 Å². The quantitative estimate of drug-likeness (QED) is 0.366. The summed E-state index contributed by atoms with van der Waals surface area (Å²) in [6.45, 7) is 2.55. The molecule has 5 nitrogen and oxygen atoms in total. The number of ether oxygens (including phenoxy) is 1. The Morgan fingerprint density at radius 1 is 0.788 bits per heavy atom. The zero-order valence-corrected chi connectivity index (χ0v) is 18.8. The highest BCUT2D eigenvalue weighted by molar-refractivity contribution is 6.32. The molecule has 2 aliphatic carbocycles. The van der Waals surface area contributed by atoms with Crippen LogP contribution in [0.3, 0.4) is 0 Å². The molecule has 2 aliphatic rings. The van der Waals surface area contributed by atoms with Crippen molar-refractivity contribution in [3.63, 3.8) is 0 Å². The number of benzene rings is 3. The molecule has 0 atom stereocenters. The maximum atomic E-state index is 13.6. The molecule has 168 valence electrons. The highest BCUT2D eigenvalue weighted by Gasteiger charge is 2.34. The molecular weight excluding hydrogens is 412 g/mol. The Morgan fingerprint density at radius 3 is 2.03 bits per heavy atom. The van der Waals surface area contributed by atoms with Crippen LogP contribution in [0.15, 0.2) is 60.7 Å². The van der Waals surface area contributed by atoms with Gasteiger partial charge in [0.15, 0.2) is 11.6 Å². The van der Waals surface area contributed by atoms with Crippen molar-refractivity contribution in [2.75, 3.05) is 17.2 Å². The number of carbonyl (C=O) groups excluding carboxylic acids is 2. The van der Waals surface area contributed by atoms with Crippen molar-refractivity contribution in [2.45, 2.75) is 45.1 Å². The van der Waals surface area contributed by atoms with Crippen LogP contribution < -0.4 is 15.4 Å². The third-order valence-electron chi connectivity index (χ3n) is 6.48. The predicted molar refractivity (Wildman–Crippen MR) is 131 cm³/mol. The summed E-state index contributed by atoms with van der Waals surface area (Å²) in [7, 11) is 0. The van der Waals surface area contributed by atoms with Gasteiger partial charge in [0, 0.05) is 28.5 Å². The van der Waals surface area contributed by atoms with E-state index in [0.717, 1.165) is 30.0 Å². The Morgan fingerprint density at radius 2 is 1.39 bits per heavy atom. The van der Waals surface area contributed by atoms with E-state index in [1.165, 1.54) is 19.3 Å². The Kier molecular flexibility index (Phi) is 5.86. The minimum atomic E-state index is -0.124. The molecule has 0 spiro atoms. The number of ketones is 2. The van der Waals surface area contributed by atoms with Gasteiger partial charge in [0.05, 0.1) is 23.4 Å². The van der Waals surface area contributed by atoms with Crippen LogP contribution in [-0.2, 0) is 0 Å². The lowest BCUT2D eigenvalue weighted by atomic mass is 9.82. The molecule has 1 saturated carbocycles. The number of carbonyl (C=O) groups is 2. The molecule has 0 aliphatic heterocycles. The van der Waals surface area contributed by atoms with Gasteiger partial charge in [-0.1, -0.05) is 43.5 Å². The van der Waals surface area contributed by atoms with E-state index in [4.69, 9.17) is 4.74 Å². The first kappa shape index (κ1) is 21.3. The number of nitrogens with one attached hydrogen (secondary N) is 2. The standard InChI is InChI=1S/C28H28N2O3/c1-2-33-20-14-12-19(13-15-20)30-24-17-16-23(29-18-8-4-3-5-9-18)25-26(24)28(32)22-11-7-6-10-21(22)27(25)31/h6-7,10-18,29-30H,2-5,8-9H2,1H3. The van der Waals surface area contributed by atoms with E-state index in [1.807, 2.05) is 49.4 Å². The van der Waals surface area contributed by atoms with Gasteiger partial charge in [0.25, 0.3) is 0 Å². The van der Waals surface area contributed by atoms with E-state index < -0.39 is 0 Å². The average molecular weight is 441 g/mol. The van der Waals surface area contributed by atoms with Crippen LogP contribution >= 0.6 is 0 Å². The van der Waals surface area contributed by atoms with Crippen LogP contribution in [0, 0.1) is 0 Å². The van der Waals surface area contributed by atoms with Gasteiger partial charge in [-0.3, -0.25) is 9.59 Å². The largest absolute Gasteiger partial charge is 0.494 e. The number of fused-ring (bicyclic) bond motifs is 2. The number of rotatable bonds is 6. The van der Waals surface area contributed by atoms with E-state index in [9.17, 15) is 9.59 Å². The molecule has 0 unspecified atom stereocenters. The molecule has 5 rings (SSSR count). The van der Waals surface area contributed by atoms with Crippen molar-refractivity contribution >= 4 is 28.6 Å². The highest BCUT2D eigenvalue weighted by atomic mass is 16.5. The Labute approximate surface area is 194 Å². The molecule has 0 amide bonds. The molecule has 5 heteroatoms. The Bertz CT molecular complexity index is 1190. The van der Waals surface area contributed by atoms with Gasteiger partial charge in [-0.2, -0.15) is 0 Å². The molecule has 3 aromatic carbocycles. The average Bonchev–Trinajstić information content (AvgIpc) is 2.85. The third-order valence-corrected chi connectivity index (χ3v) is 6.48. The Balaban J connectivity index is 1.56. The summed E-state index contributed by atoms with van der Waals surface area (Å²) < 4.78 is 5.52. The first-order valence-electron chi connectivity index (χ1n) is 11.8. The minimum Gasteiger partial charge on any atom is -0.494 e. The van der Waals surface area contributed by atoms with Crippen molar-refractivity contribution in [1.82, 2.24) is 0 Å². The van der Waals surface area contributed by atoms with Gasteiger partial charge in [-0.05, 0) is 56.2 Å². The lowest BCUT2D eigenvalue weighted by molar-refractivity contribution is 0.0980. The smallest absolute Gasteiger partial charge is 0.196 e. The lowest BCUT2D eigenvalue weighted by Crippen LogP contribution is -2.27. The summed E-state index contributed by atoms with van der Waals surface area (Å²) in [5.74, 6) is 0.562. The fourth-order valence-corrected chi connectivity index (χ4v) is 4.87. The second kappa shape index (κ2) is 9.10. The maximum absolute atomic E-state index is 13.6. The van der Waals surface area contributed by atoms with Gasteiger partial charge < -0.3 is 15.4 Å². The number of anilines is 3. The van der Waals surface area contributed by atoms with Gasteiger partial charge in [-0.15, -0.1) is 0 Å². The fraction of sp³-hybridized carbons (Fsp3) is 0.286. The summed E-state index contributed by atoms with van der Waals surface area (Å²) in [6.07, 6.45) is 5.80. The first-order chi connectivity index (χ1) is 16.2. The minimum absolute atomic E-state index is 0.103. The van der Waals surface area contributed by atoms with E-state index in [1.54, 1.807) is 18.2 Å². The summed E-state index contributed by atoms with van der Waals surface area (Å²) >= 11 is 0. The molecule has 0 radical (unpaired) electrons. The topological polar surface area (TPSA) is 67.4 Å². The molecule has 3 aromatic rings. The summed E-state index contributed by atoms with van der Waals surface area (Å²) in [4.78, 5) is 27.2. The van der Waals surface area contributed by atoms with Gasteiger partial charge >= 0.3 is 0 Å². The summed E-state index contributed by atoms with van der Waals surface area (Å²) in [6, 6.07) is 18.9. The van der Waals surface area contributed by atoms with Gasteiger partial charge in [0.2, 0.25) is 0 Å². The van der Waals surface area contributed by atoms with E-state index >= 15 is 0 Å². The van der Waals surface area contributed by atoms with Crippen LogP contribution in [0.25, 0.3) is 0 Å². The van der Waals surface area contributed by atoms with Crippen molar-refractivity contribution < 1.29 is 14.3 Å². The number of hydrogen-bond donors (Lipinski definition) is 2. The second-order valence-corrected chi connectivity index (χ2v) is 8.68. The van der Waals surface area contributed by atoms with Crippen molar-refractivity contribution in [3.05, 3.63) is 82.9 Å². The normalized spacial score (nSPS) is 15.5. The first-order valence-corrected chi connectivity index (χ1v) is 11.8. The number of hydrogen-bond acceptors (Lipinski definition) is 5. The monoisotopic (exact) mass is 440 g/mol. The fourth-order valence-electron chi connectivity index (χ4n) is 4.87. The van der Waals surface area contributed by atoms with Crippen LogP contribution in [0.1, 0.15) is 70.9 Å². The predicted octanol–water partition coefficient (Wildman–Crippen LogP) is 6.35. The van der Waals surface area contributed by atoms with Gasteiger partial charge in [0.1, 0.15) is 5.75 Å². The summed E-state index contributed by atoms with van der Waals surface area (Å²) in [5.41, 5.74) is 4.05. The third kappa shape index (κ3) is 4.11. The zero-order valence-electron chi connectivity index (χ0n) is 18.8. The van der Waals surface area contributed by atoms with Crippen LogP contribution in [0.4, 0.5) is 17.1 Å². The molecule has 0 saturated heterocycles. The van der Waals surface area contributed by atoms with E-state index in [2.05, 4.69) is 10.6 Å². The van der Waals surface area contributed by atoms with E-state index in [0.29, 0.717) is 40.6 Å². The second-order valence-electron chi connectivity index (χ2n) is 8.68. The molecule has 0 heterocycles. The molecular formula is C28H28N2O3. The SMILES string of the molecule is CCOc1ccc(Nc2ccc(NC3CCCCC3)c3c2C(=O)c2ccccc2C3=O)cc1. The highest BCUT2D eigenvalue weighted by Crippen LogP contribution is 2.38. The summed E-state index contributed by atoms with van der Waals surface area (Å²) in [5, 5.41) is 6.94. The lowest BCUT2D eigenvalue weighted by Gasteiger charge is -2.28. The zero-order chi connectivity index (χ0) is 22.8. The molecule has 0 aromatic heterocycles. The van der Waals surface area contributed by atoms with Crippen LogP contribution in [0.2, 0.25) is 0 Å². The van der Waals surface area contributed by atoms with E-state index in [-0.39, 0.29) is 11.6 Å². The Hall–Kier alpha value is -3.60.